The molecule has 0 aromatic heterocycles. The Morgan fingerprint density at radius 1 is 0.660 bits per heavy atom. The van der Waals surface area contributed by atoms with Crippen LogP contribution in [0.15, 0.2) is 36.4 Å². The van der Waals surface area contributed by atoms with Gasteiger partial charge in [-0.25, -0.2) is 0 Å². The number of nitrogens with two attached hydrogens (primary N) is 1. The Morgan fingerprint density at radius 2 is 1.06 bits per heavy atom. The Bertz CT molecular complexity index is 1310. The fourth-order valence-electron chi connectivity index (χ4n) is 6.21. The van der Waals surface area contributed by atoms with E-state index < -0.39 is 0 Å². The number of benzene rings is 2. The van der Waals surface area contributed by atoms with Crippen molar-refractivity contribution in [3.63, 3.8) is 0 Å². The molecular weight excluding hydrogens is 718 g/mol. The monoisotopic (exact) mass is 765 g/mol. The first kappa shape index (κ1) is 40.2. The van der Waals surface area contributed by atoms with Gasteiger partial charge in [0, 0.05) is 90.0 Å². The van der Waals surface area contributed by atoms with Gasteiger partial charge in [-0.2, -0.15) is 0 Å². The summed E-state index contributed by atoms with van der Waals surface area (Å²) < 4.78 is 10.5. The normalized spacial score (nSPS) is 18.0. The van der Waals surface area contributed by atoms with Crippen LogP contribution in [0.1, 0.15) is 59.2 Å². The van der Waals surface area contributed by atoms with E-state index in [1.165, 1.54) is 25.3 Å². The number of nitrogen functional groups attached to an aromatic ring is 1. The number of ether oxygens (including phenoxy) is 2. The van der Waals surface area contributed by atoms with Crippen LogP contribution in [-0.4, -0.2) is 105 Å². The molecule has 6 rings (SSSR count). The Labute approximate surface area is 298 Å². The van der Waals surface area contributed by atoms with E-state index in [0.29, 0.717) is 75.1 Å². The molecule has 14 heteroatoms. The summed E-state index contributed by atoms with van der Waals surface area (Å²) in [6.07, 6.45) is 6.99. The predicted molar refractivity (Wildman–Crippen MR) is 183 cm³/mol. The van der Waals surface area contributed by atoms with Gasteiger partial charge in [0.05, 0.1) is 42.7 Å². The zero-order valence-corrected chi connectivity index (χ0v) is 29.6. The van der Waals surface area contributed by atoms with Crippen molar-refractivity contribution in [1.82, 2.24) is 9.80 Å². The largest absolute Gasteiger partial charge is 0.397 e. The summed E-state index contributed by atoms with van der Waals surface area (Å²) in [7, 11) is 0. The van der Waals surface area contributed by atoms with Gasteiger partial charge in [-0.15, -0.1) is 12.4 Å². The number of rotatable bonds is 5. The van der Waals surface area contributed by atoms with Gasteiger partial charge in [0.1, 0.15) is 5.69 Å². The van der Waals surface area contributed by atoms with Crippen molar-refractivity contribution >= 4 is 47.0 Å². The third-order valence-corrected chi connectivity index (χ3v) is 8.68. The van der Waals surface area contributed by atoms with Crippen molar-refractivity contribution < 1.29 is 44.4 Å². The Hall–Kier alpha value is -2.95. The second kappa shape index (κ2) is 19.8. The maximum absolute atomic E-state index is 12.5. The van der Waals surface area contributed by atoms with Crippen molar-refractivity contribution in [2.24, 2.45) is 0 Å². The van der Waals surface area contributed by atoms with Gasteiger partial charge < -0.3 is 42.2 Å². The molecule has 4 fully saturated rings. The fraction of sp³-hybridized carbons (Fsp3) is 0.545. The molecule has 2 aromatic rings. The van der Waals surface area contributed by atoms with Gasteiger partial charge in [-0.3, -0.25) is 19.7 Å². The quantitative estimate of drug-likeness (QED) is 0.152. The molecule has 0 unspecified atom stereocenters. The molecule has 0 aliphatic carbocycles. The Balaban J connectivity index is 0.000000308. The van der Waals surface area contributed by atoms with E-state index in [-0.39, 0.29) is 62.7 Å². The average Bonchev–Trinajstić information content (AvgIpc) is 3.09. The summed E-state index contributed by atoms with van der Waals surface area (Å²) in [5, 5.41) is 11.4. The van der Waals surface area contributed by atoms with E-state index in [1.807, 2.05) is 28.0 Å². The topological polar surface area (TPSA) is 135 Å². The number of nitrogens with zero attached hydrogens (tertiary/aromatic N) is 5. The summed E-state index contributed by atoms with van der Waals surface area (Å²) in [6, 6.07) is 10.6. The molecule has 0 atom stereocenters. The summed E-state index contributed by atoms with van der Waals surface area (Å²) in [6.45, 7) is 8.41. The fourth-order valence-corrected chi connectivity index (χ4v) is 6.21. The molecule has 12 nitrogen and oxygen atoms in total. The number of anilines is 3. The Kier molecular flexibility index (Phi) is 16.9. The van der Waals surface area contributed by atoms with Crippen LogP contribution in [0.3, 0.4) is 0 Å². The molecule has 2 amide bonds. The first-order valence-electron chi connectivity index (χ1n) is 15.8. The van der Waals surface area contributed by atoms with Crippen molar-refractivity contribution in [2.75, 3.05) is 94.3 Å². The summed E-state index contributed by atoms with van der Waals surface area (Å²) in [4.78, 5) is 43.9. The van der Waals surface area contributed by atoms with Gasteiger partial charge in [0.25, 0.3) is 17.5 Å². The molecule has 0 saturated carbocycles. The number of morpholine rings is 2. The molecule has 0 radical (unpaired) electrons. The smallest absolute Gasteiger partial charge is 0.293 e. The van der Waals surface area contributed by atoms with Crippen LogP contribution in [0.2, 0.25) is 0 Å². The van der Waals surface area contributed by atoms with Crippen LogP contribution in [0.25, 0.3) is 0 Å². The zero-order chi connectivity index (χ0) is 30.9. The van der Waals surface area contributed by atoms with Crippen LogP contribution in [0.4, 0.5) is 22.7 Å². The summed E-state index contributed by atoms with van der Waals surface area (Å²) in [5.74, 6) is -0.114. The molecule has 4 heterocycles. The predicted octanol–water partition coefficient (Wildman–Crippen LogP) is 4.66. The zero-order valence-electron chi connectivity index (χ0n) is 27.2. The van der Waals surface area contributed by atoms with Gasteiger partial charge in [-0.1, -0.05) is 0 Å². The van der Waals surface area contributed by atoms with Gasteiger partial charge in [-0.05, 0) is 68.9 Å². The number of hydrogen-bond donors (Lipinski definition) is 1. The molecule has 4 aliphatic rings. The molecular formula is C33H48ClN6O6Pd-. The van der Waals surface area contributed by atoms with Crippen molar-refractivity contribution in [2.45, 2.75) is 38.5 Å². The van der Waals surface area contributed by atoms with E-state index in [4.69, 9.17) is 15.2 Å². The van der Waals surface area contributed by atoms with Gasteiger partial charge in [0.2, 0.25) is 0 Å². The van der Waals surface area contributed by atoms with Crippen molar-refractivity contribution in [1.29, 1.82) is 0 Å². The van der Waals surface area contributed by atoms with Crippen LogP contribution in [-0.2, 0) is 29.9 Å². The van der Waals surface area contributed by atoms with Crippen LogP contribution >= 0.6 is 12.4 Å². The van der Waals surface area contributed by atoms with Crippen LogP contribution in [0.5, 0.6) is 0 Å². The molecule has 4 saturated heterocycles. The molecule has 0 spiro atoms. The first-order valence-corrected chi connectivity index (χ1v) is 15.8. The summed E-state index contributed by atoms with van der Waals surface area (Å²) >= 11 is 0. The van der Waals surface area contributed by atoms with E-state index in [0.717, 1.165) is 51.1 Å². The maximum Gasteiger partial charge on any atom is 0.293 e. The average molecular weight is 767 g/mol. The number of nitro groups is 1. The second-order valence-electron chi connectivity index (χ2n) is 11.6. The van der Waals surface area contributed by atoms with Crippen molar-refractivity contribution in [3.8, 4) is 0 Å². The number of amides is 2. The minimum absolute atomic E-state index is 0. The molecule has 2 N–H and O–H groups in total. The minimum Gasteiger partial charge on any atom is -0.397 e. The van der Waals surface area contributed by atoms with E-state index in [1.54, 1.807) is 17.0 Å². The number of nitro benzene ring substituents is 1. The first-order chi connectivity index (χ1) is 21.4. The molecule has 0 bridgehead atoms. The van der Waals surface area contributed by atoms with Gasteiger partial charge >= 0.3 is 0 Å². The van der Waals surface area contributed by atoms with Crippen LogP contribution in [0, 0.1) is 17.5 Å². The second-order valence-corrected chi connectivity index (χ2v) is 11.6. The van der Waals surface area contributed by atoms with Gasteiger partial charge in [0.15, 0.2) is 0 Å². The molecule has 2 aromatic carbocycles. The number of carbonyl (C=O) groups excluding carboxylic acids is 2. The van der Waals surface area contributed by atoms with E-state index in [9.17, 15) is 19.7 Å². The van der Waals surface area contributed by atoms with E-state index in [2.05, 4.69) is 4.90 Å². The number of hydrogen-bond acceptors (Lipinski definition) is 9. The maximum atomic E-state index is 12.5. The molecule has 4 aliphatic heterocycles. The van der Waals surface area contributed by atoms with E-state index >= 15 is 0 Å². The molecule has 47 heavy (non-hydrogen) atoms. The van der Waals surface area contributed by atoms with Crippen molar-refractivity contribution in [3.05, 3.63) is 65.1 Å². The minimum atomic E-state index is -0.389. The Morgan fingerprint density at radius 3 is 1.49 bits per heavy atom. The number of piperidine rings is 2. The SMILES string of the molecule is Cl.Nc1cc(C(=O)N2CCOCC2)ccc1N1CCCCC1.O=C(c1ccc(N2CCCCC2)c([N+](=O)[O-])c1)N1CCOCC1.[CH3-].[Pd]. The number of carbonyl (C=O) groups is 2. The summed E-state index contributed by atoms with van der Waals surface area (Å²) in [5.41, 5.74) is 9.64. The standard InChI is InChI=1S/C16H21N3O4.C16H23N3O2.CH3.ClH.Pd/c20-16(18-8-10-23-11-9-18)13-4-5-14(15(12-13)19(21)22)17-6-2-1-3-7-17;17-14-12-13(16(20)19-8-10-21-11-9-19)4-5-15(14)18-6-2-1-3-7-18;;;/h4-5,12H,1-3,6-11H2;4-5,12H,1-3,6-11,17H2;1H3;1H;/q;;-1;;. The third-order valence-electron chi connectivity index (χ3n) is 8.68. The number of halogens is 1. The third kappa shape index (κ3) is 10.5. The molecule has 264 valence electrons. The van der Waals surface area contributed by atoms with Crippen LogP contribution < -0.4 is 15.5 Å².